The van der Waals surface area contributed by atoms with Crippen molar-refractivity contribution in [3.05, 3.63) is 0 Å². The molecule has 0 radical (unpaired) electrons. The molecule has 1 fully saturated rings. The minimum atomic E-state index is -4.12. The number of alkyl halides is 3. The Labute approximate surface area is 81.8 Å². The van der Waals surface area contributed by atoms with Gasteiger partial charge in [0.05, 0.1) is 12.7 Å². The molecule has 0 saturated heterocycles. The SMILES string of the molecule is CC(C)OCCNC1(C(F)(F)F)CC1. The third-order valence-corrected chi connectivity index (χ3v) is 2.31. The molecule has 0 heterocycles. The Kier molecular flexibility index (Phi) is 3.42. The first-order valence-electron chi connectivity index (χ1n) is 4.81. The van der Waals surface area contributed by atoms with Crippen LogP contribution in [0.4, 0.5) is 13.2 Å². The van der Waals surface area contributed by atoms with Gasteiger partial charge in [-0.05, 0) is 26.7 Å². The summed E-state index contributed by atoms with van der Waals surface area (Å²) in [6.45, 7) is 4.31. The average Bonchev–Trinajstić information content (AvgIpc) is 2.77. The third kappa shape index (κ3) is 2.85. The molecular formula is C9H16F3NO. The van der Waals surface area contributed by atoms with Crippen LogP contribution in [0.25, 0.3) is 0 Å². The summed E-state index contributed by atoms with van der Waals surface area (Å²) < 4.78 is 42.3. The summed E-state index contributed by atoms with van der Waals surface area (Å²) in [6, 6.07) is 0. The summed E-state index contributed by atoms with van der Waals surface area (Å²) in [5.74, 6) is 0. The molecular weight excluding hydrogens is 195 g/mol. The topological polar surface area (TPSA) is 21.3 Å². The van der Waals surface area contributed by atoms with Crippen LogP contribution in [0.3, 0.4) is 0 Å². The molecule has 1 saturated carbocycles. The van der Waals surface area contributed by atoms with E-state index in [4.69, 9.17) is 4.74 Å². The number of nitrogens with one attached hydrogen (secondary N) is 1. The van der Waals surface area contributed by atoms with E-state index in [1.807, 2.05) is 13.8 Å². The van der Waals surface area contributed by atoms with Crippen LogP contribution in [0, 0.1) is 0 Å². The van der Waals surface area contributed by atoms with Gasteiger partial charge in [0, 0.05) is 6.54 Å². The van der Waals surface area contributed by atoms with Gasteiger partial charge in [-0.1, -0.05) is 0 Å². The average molecular weight is 211 g/mol. The number of rotatable bonds is 5. The third-order valence-electron chi connectivity index (χ3n) is 2.31. The molecule has 0 bridgehead atoms. The molecule has 0 aromatic rings. The zero-order valence-corrected chi connectivity index (χ0v) is 8.45. The van der Waals surface area contributed by atoms with Crippen LogP contribution in [-0.2, 0) is 4.74 Å². The van der Waals surface area contributed by atoms with Gasteiger partial charge in [-0.3, -0.25) is 0 Å². The van der Waals surface area contributed by atoms with E-state index < -0.39 is 11.7 Å². The second-order valence-corrected chi connectivity index (χ2v) is 3.93. The van der Waals surface area contributed by atoms with Crippen molar-refractivity contribution in [2.24, 2.45) is 0 Å². The van der Waals surface area contributed by atoms with Crippen molar-refractivity contribution in [2.45, 2.75) is 44.5 Å². The van der Waals surface area contributed by atoms with Gasteiger partial charge in [-0.25, -0.2) is 0 Å². The van der Waals surface area contributed by atoms with Gasteiger partial charge in [-0.15, -0.1) is 0 Å². The van der Waals surface area contributed by atoms with Gasteiger partial charge in [0.1, 0.15) is 5.54 Å². The minimum Gasteiger partial charge on any atom is -0.377 e. The van der Waals surface area contributed by atoms with Crippen LogP contribution in [0.2, 0.25) is 0 Å². The van der Waals surface area contributed by atoms with E-state index in [-0.39, 0.29) is 25.5 Å². The summed E-state index contributed by atoms with van der Waals surface area (Å²) in [5, 5.41) is 2.52. The fourth-order valence-corrected chi connectivity index (χ4v) is 1.27. The highest BCUT2D eigenvalue weighted by Gasteiger charge is 2.62. The molecule has 0 aromatic heterocycles. The smallest absolute Gasteiger partial charge is 0.377 e. The second kappa shape index (κ2) is 4.06. The summed E-state index contributed by atoms with van der Waals surface area (Å²) in [4.78, 5) is 0. The van der Waals surface area contributed by atoms with Gasteiger partial charge in [0.2, 0.25) is 0 Å². The first-order valence-corrected chi connectivity index (χ1v) is 4.81. The summed E-state index contributed by atoms with van der Waals surface area (Å²) >= 11 is 0. The monoisotopic (exact) mass is 211 g/mol. The zero-order valence-electron chi connectivity index (χ0n) is 8.45. The van der Waals surface area contributed by atoms with Crippen LogP contribution in [0.15, 0.2) is 0 Å². The normalized spacial score (nSPS) is 20.1. The molecule has 0 unspecified atom stereocenters. The van der Waals surface area contributed by atoms with E-state index in [2.05, 4.69) is 5.32 Å². The fraction of sp³-hybridized carbons (Fsp3) is 1.00. The molecule has 1 aliphatic carbocycles. The van der Waals surface area contributed by atoms with E-state index in [0.717, 1.165) is 0 Å². The highest BCUT2D eigenvalue weighted by molar-refractivity contribution is 5.07. The van der Waals surface area contributed by atoms with Gasteiger partial charge in [0.25, 0.3) is 0 Å². The lowest BCUT2D eigenvalue weighted by Gasteiger charge is -2.20. The van der Waals surface area contributed by atoms with Crippen LogP contribution in [0.5, 0.6) is 0 Å². The van der Waals surface area contributed by atoms with E-state index >= 15 is 0 Å². The number of hydrogen-bond acceptors (Lipinski definition) is 2. The lowest BCUT2D eigenvalue weighted by atomic mass is 10.2. The molecule has 0 aliphatic heterocycles. The molecule has 0 aromatic carbocycles. The van der Waals surface area contributed by atoms with Crippen LogP contribution < -0.4 is 5.32 Å². The first-order chi connectivity index (χ1) is 6.37. The van der Waals surface area contributed by atoms with Crippen molar-refractivity contribution in [3.63, 3.8) is 0 Å². The van der Waals surface area contributed by atoms with Gasteiger partial charge < -0.3 is 10.1 Å². The van der Waals surface area contributed by atoms with Gasteiger partial charge in [-0.2, -0.15) is 13.2 Å². The van der Waals surface area contributed by atoms with Crippen molar-refractivity contribution in [2.75, 3.05) is 13.2 Å². The highest BCUT2D eigenvalue weighted by Crippen LogP contribution is 2.48. The zero-order chi connectivity index (χ0) is 10.8. The van der Waals surface area contributed by atoms with E-state index in [0.29, 0.717) is 6.61 Å². The summed E-state index contributed by atoms with van der Waals surface area (Å²) in [7, 11) is 0. The number of halogens is 3. The molecule has 1 aliphatic rings. The number of hydrogen-bond donors (Lipinski definition) is 1. The Balaban J connectivity index is 2.19. The lowest BCUT2D eigenvalue weighted by molar-refractivity contribution is -0.166. The molecule has 1 rings (SSSR count). The lowest BCUT2D eigenvalue weighted by Crippen LogP contribution is -2.46. The van der Waals surface area contributed by atoms with Crippen molar-refractivity contribution < 1.29 is 17.9 Å². The van der Waals surface area contributed by atoms with Crippen molar-refractivity contribution >= 4 is 0 Å². The maximum absolute atomic E-state index is 12.4. The Bertz CT molecular complexity index is 187. The maximum Gasteiger partial charge on any atom is 0.406 e. The Morgan fingerprint density at radius 1 is 1.36 bits per heavy atom. The molecule has 2 nitrogen and oxygen atoms in total. The quantitative estimate of drug-likeness (QED) is 0.703. The molecule has 84 valence electrons. The van der Waals surface area contributed by atoms with Crippen molar-refractivity contribution in [3.8, 4) is 0 Å². The van der Waals surface area contributed by atoms with E-state index in [9.17, 15) is 13.2 Å². The van der Waals surface area contributed by atoms with Crippen LogP contribution in [-0.4, -0.2) is 31.0 Å². The molecule has 0 spiro atoms. The van der Waals surface area contributed by atoms with Crippen molar-refractivity contribution in [1.82, 2.24) is 5.32 Å². The number of ether oxygens (including phenoxy) is 1. The maximum atomic E-state index is 12.4. The summed E-state index contributed by atoms with van der Waals surface area (Å²) in [5.41, 5.74) is -1.60. The van der Waals surface area contributed by atoms with Crippen molar-refractivity contribution in [1.29, 1.82) is 0 Å². The fourth-order valence-electron chi connectivity index (χ4n) is 1.27. The van der Waals surface area contributed by atoms with Crippen LogP contribution >= 0.6 is 0 Å². The molecule has 14 heavy (non-hydrogen) atoms. The summed E-state index contributed by atoms with van der Waals surface area (Å²) in [6.07, 6.45) is -3.67. The predicted molar refractivity (Wildman–Crippen MR) is 47.1 cm³/mol. The molecule has 0 amide bonds. The van der Waals surface area contributed by atoms with Gasteiger partial charge in [0.15, 0.2) is 0 Å². The Morgan fingerprint density at radius 3 is 2.29 bits per heavy atom. The Morgan fingerprint density at radius 2 is 1.93 bits per heavy atom. The molecule has 5 heteroatoms. The first kappa shape index (κ1) is 11.8. The van der Waals surface area contributed by atoms with Crippen LogP contribution in [0.1, 0.15) is 26.7 Å². The highest BCUT2D eigenvalue weighted by atomic mass is 19.4. The Hall–Kier alpha value is -0.290. The second-order valence-electron chi connectivity index (χ2n) is 3.93. The van der Waals surface area contributed by atoms with E-state index in [1.165, 1.54) is 0 Å². The van der Waals surface area contributed by atoms with E-state index in [1.54, 1.807) is 0 Å². The standard InChI is InChI=1S/C9H16F3NO/c1-7(2)14-6-5-13-8(3-4-8)9(10,11)12/h7,13H,3-6H2,1-2H3. The van der Waals surface area contributed by atoms with Gasteiger partial charge >= 0.3 is 6.18 Å². The molecule has 1 N–H and O–H groups in total. The largest absolute Gasteiger partial charge is 0.406 e. The predicted octanol–water partition coefficient (Wildman–Crippen LogP) is 2.10. The minimum absolute atomic E-state index is 0.0674. The molecule has 0 atom stereocenters.